The molecule has 1 aromatic carbocycles. The average molecular weight is 364 g/mol. The number of carbonyl (C=O) groups excluding carboxylic acids is 1. The fourth-order valence-corrected chi connectivity index (χ4v) is 3.42. The van der Waals surface area contributed by atoms with Crippen LogP contribution in [0.15, 0.2) is 22.7 Å². The molecule has 2 rings (SSSR count). The van der Waals surface area contributed by atoms with Crippen LogP contribution in [0.1, 0.15) is 41.6 Å². The topological polar surface area (TPSA) is 29.1 Å². The summed E-state index contributed by atoms with van der Waals surface area (Å²) < 4.78 is 39.8. The highest BCUT2D eigenvalue weighted by atomic mass is 79.9. The van der Waals surface area contributed by atoms with Crippen LogP contribution < -0.4 is 5.32 Å². The quantitative estimate of drug-likeness (QED) is 0.816. The summed E-state index contributed by atoms with van der Waals surface area (Å²) in [5.41, 5.74) is 1.26. The van der Waals surface area contributed by atoms with Crippen molar-refractivity contribution in [3.8, 4) is 0 Å². The summed E-state index contributed by atoms with van der Waals surface area (Å²) in [6.45, 7) is 1.83. The molecular weight excluding hydrogens is 347 g/mol. The Labute approximate surface area is 130 Å². The Balaban J connectivity index is 2.13. The first-order chi connectivity index (χ1) is 9.77. The molecule has 0 spiro atoms. The molecule has 1 fully saturated rings. The second kappa shape index (κ2) is 6.38. The first kappa shape index (κ1) is 16.3. The summed E-state index contributed by atoms with van der Waals surface area (Å²) in [6.07, 6.45) is -2.51. The Morgan fingerprint density at radius 1 is 1.24 bits per heavy atom. The van der Waals surface area contributed by atoms with E-state index in [1.165, 1.54) is 0 Å². The molecule has 1 aliphatic carbocycles. The van der Waals surface area contributed by atoms with Crippen molar-refractivity contribution in [1.29, 1.82) is 0 Å². The minimum absolute atomic E-state index is 0.0892. The Kier molecular flexibility index (Phi) is 4.96. The maximum Gasteiger partial charge on any atom is 0.393 e. The Hall–Kier alpha value is -1.04. The molecule has 0 radical (unpaired) electrons. The zero-order valence-corrected chi connectivity index (χ0v) is 13.2. The Bertz CT molecular complexity index is 510. The van der Waals surface area contributed by atoms with Crippen LogP contribution in [0.3, 0.4) is 0 Å². The molecule has 2 atom stereocenters. The molecule has 1 aliphatic rings. The number of halogens is 4. The summed E-state index contributed by atoms with van der Waals surface area (Å²) >= 11 is 3.29. The van der Waals surface area contributed by atoms with Crippen LogP contribution in [0, 0.1) is 12.8 Å². The van der Waals surface area contributed by atoms with E-state index < -0.39 is 24.0 Å². The monoisotopic (exact) mass is 363 g/mol. The number of nitrogens with one attached hydrogen (secondary N) is 1. The molecule has 1 amide bonds. The summed E-state index contributed by atoms with van der Waals surface area (Å²) in [4.78, 5) is 12.2. The van der Waals surface area contributed by atoms with Crippen molar-refractivity contribution in [2.75, 3.05) is 0 Å². The molecular formula is C15H17BrF3NO. The van der Waals surface area contributed by atoms with E-state index in [1.807, 2.05) is 13.0 Å². The lowest BCUT2D eigenvalue weighted by atomic mass is 9.84. The molecule has 2 unspecified atom stereocenters. The first-order valence-corrected chi connectivity index (χ1v) is 7.71. The van der Waals surface area contributed by atoms with Gasteiger partial charge in [-0.15, -0.1) is 0 Å². The predicted molar refractivity (Wildman–Crippen MR) is 78.1 cm³/mol. The molecule has 1 aromatic rings. The molecule has 116 valence electrons. The minimum atomic E-state index is -4.26. The van der Waals surface area contributed by atoms with Gasteiger partial charge in [-0.25, -0.2) is 0 Å². The lowest BCUT2D eigenvalue weighted by Crippen LogP contribution is -2.47. The van der Waals surface area contributed by atoms with Crippen molar-refractivity contribution in [1.82, 2.24) is 5.32 Å². The fraction of sp³-hybridized carbons (Fsp3) is 0.533. The van der Waals surface area contributed by atoms with Gasteiger partial charge in [-0.1, -0.05) is 28.8 Å². The van der Waals surface area contributed by atoms with Crippen LogP contribution in [-0.2, 0) is 0 Å². The predicted octanol–water partition coefficient (Wildman–Crippen LogP) is 4.61. The smallest absolute Gasteiger partial charge is 0.349 e. The van der Waals surface area contributed by atoms with E-state index in [2.05, 4.69) is 21.2 Å². The van der Waals surface area contributed by atoms with Gasteiger partial charge in [0.1, 0.15) is 0 Å². The molecule has 0 aromatic heterocycles. The normalized spacial score (nSPS) is 22.9. The van der Waals surface area contributed by atoms with Crippen molar-refractivity contribution < 1.29 is 18.0 Å². The highest BCUT2D eigenvalue weighted by Gasteiger charge is 2.45. The molecule has 1 saturated carbocycles. The van der Waals surface area contributed by atoms with E-state index in [-0.39, 0.29) is 6.42 Å². The molecule has 2 nitrogen and oxygen atoms in total. The van der Waals surface area contributed by atoms with Gasteiger partial charge in [0.05, 0.1) is 5.92 Å². The summed E-state index contributed by atoms with van der Waals surface area (Å²) in [7, 11) is 0. The average Bonchev–Trinajstić information content (AvgIpc) is 2.37. The number of hydrogen-bond donors (Lipinski definition) is 1. The lowest BCUT2D eigenvalue weighted by Gasteiger charge is -2.33. The van der Waals surface area contributed by atoms with Crippen molar-refractivity contribution in [2.24, 2.45) is 5.92 Å². The molecule has 1 N–H and O–H groups in total. The maximum atomic E-state index is 13.0. The van der Waals surface area contributed by atoms with E-state index in [0.29, 0.717) is 18.4 Å². The summed E-state index contributed by atoms with van der Waals surface area (Å²) in [6, 6.07) is 4.31. The van der Waals surface area contributed by atoms with Crippen molar-refractivity contribution in [2.45, 2.75) is 44.8 Å². The first-order valence-electron chi connectivity index (χ1n) is 6.92. The minimum Gasteiger partial charge on any atom is -0.349 e. The molecule has 21 heavy (non-hydrogen) atoms. The van der Waals surface area contributed by atoms with Crippen LogP contribution in [0.4, 0.5) is 13.2 Å². The van der Waals surface area contributed by atoms with E-state index in [0.717, 1.165) is 16.5 Å². The van der Waals surface area contributed by atoms with Gasteiger partial charge in [-0.3, -0.25) is 4.79 Å². The third-order valence-electron chi connectivity index (χ3n) is 3.81. The van der Waals surface area contributed by atoms with E-state index in [1.54, 1.807) is 12.1 Å². The number of rotatable bonds is 2. The molecule has 6 heteroatoms. The SMILES string of the molecule is Cc1cc(Br)cc(C(=O)NC2CCCCC2C(F)(F)F)c1. The number of aryl methyl sites for hydroxylation is 1. The van der Waals surface area contributed by atoms with Crippen molar-refractivity contribution >= 4 is 21.8 Å². The van der Waals surface area contributed by atoms with Gasteiger partial charge < -0.3 is 5.32 Å². The largest absolute Gasteiger partial charge is 0.393 e. The zero-order valence-electron chi connectivity index (χ0n) is 11.6. The van der Waals surface area contributed by atoms with Crippen LogP contribution in [0.25, 0.3) is 0 Å². The lowest BCUT2D eigenvalue weighted by molar-refractivity contribution is -0.187. The third-order valence-corrected chi connectivity index (χ3v) is 4.27. The molecule has 0 aliphatic heterocycles. The number of alkyl halides is 3. The van der Waals surface area contributed by atoms with Crippen LogP contribution in [0.2, 0.25) is 0 Å². The van der Waals surface area contributed by atoms with Gasteiger partial charge in [0.25, 0.3) is 5.91 Å². The number of carbonyl (C=O) groups is 1. The molecule has 0 heterocycles. The van der Waals surface area contributed by atoms with Gasteiger partial charge in [0.2, 0.25) is 0 Å². The number of benzene rings is 1. The molecule has 0 bridgehead atoms. The van der Waals surface area contributed by atoms with Gasteiger partial charge in [0.15, 0.2) is 0 Å². The van der Waals surface area contributed by atoms with Crippen LogP contribution in [0.5, 0.6) is 0 Å². The van der Waals surface area contributed by atoms with E-state index >= 15 is 0 Å². The zero-order chi connectivity index (χ0) is 15.6. The summed E-state index contributed by atoms with van der Waals surface area (Å²) in [5, 5.41) is 2.57. The second-order valence-electron chi connectivity index (χ2n) is 5.53. The highest BCUT2D eigenvalue weighted by Crippen LogP contribution is 2.37. The van der Waals surface area contributed by atoms with Crippen LogP contribution >= 0.6 is 15.9 Å². The maximum absolute atomic E-state index is 13.0. The van der Waals surface area contributed by atoms with Gasteiger partial charge in [0, 0.05) is 16.1 Å². The van der Waals surface area contributed by atoms with Crippen molar-refractivity contribution in [3.63, 3.8) is 0 Å². The van der Waals surface area contributed by atoms with Crippen LogP contribution in [-0.4, -0.2) is 18.1 Å². The summed E-state index contributed by atoms with van der Waals surface area (Å²) in [5.74, 6) is -1.89. The Morgan fingerprint density at radius 2 is 1.90 bits per heavy atom. The third kappa shape index (κ3) is 4.22. The number of amides is 1. The number of hydrogen-bond acceptors (Lipinski definition) is 1. The Morgan fingerprint density at radius 3 is 2.52 bits per heavy atom. The second-order valence-corrected chi connectivity index (χ2v) is 6.45. The van der Waals surface area contributed by atoms with Gasteiger partial charge in [-0.05, 0) is 43.5 Å². The highest BCUT2D eigenvalue weighted by molar-refractivity contribution is 9.10. The molecule has 0 saturated heterocycles. The van der Waals surface area contributed by atoms with Crippen molar-refractivity contribution in [3.05, 3.63) is 33.8 Å². The van der Waals surface area contributed by atoms with Gasteiger partial charge in [-0.2, -0.15) is 13.2 Å². The van der Waals surface area contributed by atoms with Gasteiger partial charge >= 0.3 is 6.18 Å². The van der Waals surface area contributed by atoms with E-state index in [4.69, 9.17) is 0 Å². The van der Waals surface area contributed by atoms with E-state index in [9.17, 15) is 18.0 Å². The standard InChI is InChI=1S/C15H17BrF3NO/c1-9-6-10(8-11(16)7-9)14(21)20-13-5-3-2-4-12(13)15(17,18)19/h6-8,12-13H,2-5H2,1H3,(H,20,21). The fourth-order valence-electron chi connectivity index (χ4n) is 2.81.